The molecule has 0 atom stereocenters. The Kier molecular flexibility index (Phi) is 13.0. The summed E-state index contributed by atoms with van der Waals surface area (Å²) in [6.45, 7) is 9.06. The molecule has 1 heterocycles. The fraction of sp³-hybridized carbons (Fsp3) is 0.867. The third-order valence-electron chi connectivity index (χ3n) is 3.51. The van der Waals surface area contributed by atoms with E-state index in [1.165, 1.54) is 5.75 Å². The van der Waals surface area contributed by atoms with Gasteiger partial charge in [-0.1, -0.05) is 0 Å². The molecule has 6 nitrogen and oxygen atoms in total. The highest BCUT2D eigenvalue weighted by atomic mass is 127. The summed E-state index contributed by atoms with van der Waals surface area (Å²) in [5, 5.41) is 6.36. The quantitative estimate of drug-likeness (QED) is 0.259. The first-order chi connectivity index (χ1) is 10.6. The lowest BCUT2D eigenvalue weighted by Crippen LogP contribution is -2.54. The normalized spacial score (nSPS) is 16.2. The number of hydrogen-bond acceptors (Lipinski definition) is 4. The van der Waals surface area contributed by atoms with Gasteiger partial charge in [-0.05, 0) is 32.3 Å². The Balaban J connectivity index is 0.00000484. The van der Waals surface area contributed by atoms with E-state index in [-0.39, 0.29) is 35.9 Å². The molecule has 1 fully saturated rings. The maximum Gasteiger partial charge on any atom is 0.234 e. The number of halogens is 1. The summed E-state index contributed by atoms with van der Waals surface area (Å²) in [5.41, 5.74) is 0. The average Bonchev–Trinajstić information content (AvgIpc) is 2.48. The average molecular weight is 457 g/mol. The number of nitrogens with zero attached hydrogens (tertiary/aromatic N) is 3. The molecular weight excluding hydrogens is 425 g/mol. The van der Waals surface area contributed by atoms with Gasteiger partial charge >= 0.3 is 0 Å². The first-order valence-electron chi connectivity index (χ1n) is 8.03. The van der Waals surface area contributed by atoms with E-state index < -0.39 is 0 Å². The standard InChI is InChI=1S/C15H31N5OS.HI/c1-13(2)18-14(21)12-19-7-9-20(10-8-19)15(16-3)17-6-5-11-22-4;/h13H,5-12H2,1-4H3,(H,16,17)(H,18,21);1H. The van der Waals surface area contributed by atoms with Crippen molar-refractivity contribution < 1.29 is 4.79 Å². The van der Waals surface area contributed by atoms with Crippen LogP contribution in [-0.4, -0.2) is 86.0 Å². The lowest BCUT2D eigenvalue weighted by Gasteiger charge is -2.36. The van der Waals surface area contributed by atoms with Crippen LogP contribution in [0.15, 0.2) is 4.99 Å². The highest BCUT2D eigenvalue weighted by Crippen LogP contribution is 2.02. The molecule has 1 rings (SSSR count). The minimum Gasteiger partial charge on any atom is -0.356 e. The molecule has 0 aromatic heterocycles. The van der Waals surface area contributed by atoms with E-state index >= 15 is 0 Å². The van der Waals surface area contributed by atoms with E-state index in [9.17, 15) is 4.79 Å². The van der Waals surface area contributed by atoms with Crippen molar-refractivity contribution in [2.45, 2.75) is 26.3 Å². The number of nitrogens with one attached hydrogen (secondary N) is 2. The number of piperazine rings is 1. The van der Waals surface area contributed by atoms with Crippen molar-refractivity contribution >= 4 is 47.6 Å². The second kappa shape index (κ2) is 13.1. The van der Waals surface area contributed by atoms with Crippen LogP contribution < -0.4 is 10.6 Å². The van der Waals surface area contributed by atoms with Crippen LogP contribution >= 0.6 is 35.7 Å². The van der Waals surface area contributed by atoms with Gasteiger partial charge in [0.25, 0.3) is 0 Å². The SMILES string of the molecule is CN=C(NCCCSC)N1CCN(CC(=O)NC(C)C)CC1.I. The lowest BCUT2D eigenvalue weighted by molar-refractivity contribution is -0.123. The van der Waals surface area contributed by atoms with Gasteiger partial charge in [0.05, 0.1) is 6.54 Å². The largest absolute Gasteiger partial charge is 0.356 e. The predicted octanol–water partition coefficient (Wildman–Crippen LogP) is 1.08. The van der Waals surface area contributed by atoms with Crippen LogP contribution in [0.25, 0.3) is 0 Å². The second-order valence-corrected chi connectivity index (χ2v) is 6.79. The molecule has 0 radical (unpaired) electrons. The third-order valence-corrected chi connectivity index (χ3v) is 4.21. The number of aliphatic imine (C=N–C) groups is 1. The molecule has 1 saturated heterocycles. The Labute approximate surface area is 162 Å². The van der Waals surface area contributed by atoms with Crippen molar-refractivity contribution in [2.24, 2.45) is 4.99 Å². The van der Waals surface area contributed by atoms with Gasteiger partial charge in [-0.2, -0.15) is 11.8 Å². The van der Waals surface area contributed by atoms with E-state index in [1.54, 1.807) is 0 Å². The topological polar surface area (TPSA) is 60.0 Å². The number of guanidine groups is 1. The summed E-state index contributed by atoms with van der Waals surface area (Å²) in [6, 6.07) is 0.207. The molecule has 136 valence electrons. The second-order valence-electron chi connectivity index (χ2n) is 5.81. The molecule has 1 aliphatic heterocycles. The summed E-state index contributed by atoms with van der Waals surface area (Å²) in [5.74, 6) is 2.26. The van der Waals surface area contributed by atoms with Crippen molar-refractivity contribution in [1.29, 1.82) is 0 Å². The summed E-state index contributed by atoms with van der Waals surface area (Å²) >= 11 is 1.87. The van der Waals surface area contributed by atoms with Crippen molar-refractivity contribution in [3.05, 3.63) is 0 Å². The Hall–Kier alpha value is -0.220. The highest BCUT2D eigenvalue weighted by molar-refractivity contribution is 14.0. The molecule has 0 bridgehead atoms. The lowest BCUT2D eigenvalue weighted by atomic mass is 10.3. The fourth-order valence-corrected chi connectivity index (χ4v) is 2.87. The van der Waals surface area contributed by atoms with Gasteiger partial charge in [-0.25, -0.2) is 0 Å². The molecule has 0 unspecified atom stereocenters. The highest BCUT2D eigenvalue weighted by Gasteiger charge is 2.21. The third kappa shape index (κ3) is 9.61. The summed E-state index contributed by atoms with van der Waals surface area (Å²) in [6.07, 6.45) is 3.28. The summed E-state index contributed by atoms with van der Waals surface area (Å²) < 4.78 is 0. The van der Waals surface area contributed by atoms with E-state index in [4.69, 9.17) is 0 Å². The molecule has 0 aromatic rings. The molecule has 1 aliphatic rings. The molecule has 0 aliphatic carbocycles. The van der Waals surface area contributed by atoms with Crippen molar-refractivity contribution in [3.8, 4) is 0 Å². The zero-order chi connectivity index (χ0) is 16.4. The Morgan fingerprint density at radius 1 is 1.26 bits per heavy atom. The Morgan fingerprint density at radius 3 is 2.43 bits per heavy atom. The van der Waals surface area contributed by atoms with Gasteiger partial charge in [-0.3, -0.25) is 14.7 Å². The number of hydrogen-bond donors (Lipinski definition) is 2. The van der Waals surface area contributed by atoms with Gasteiger partial charge in [0, 0.05) is 45.8 Å². The zero-order valence-corrected chi connectivity index (χ0v) is 17.9. The minimum atomic E-state index is 0. The molecule has 1 amide bonds. The van der Waals surface area contributed by atoms with Crippen molar-refractivity contribution in [1.82, 2.24) is 20.4 Å². The van der Waals surface area contributed by atoms with E-state index in [1.807, 2.05) is 32.7 Å². The van der Waals surface area contributed by atoms with E-state index in [0.717, 1.165) is 45.1 Å². The Morgan fingerprint density at radius 2 is 1.91 bits per heavy atom. The smallest absolute Gasteiger partial charge is 0.234 e. The summed E-state index contributed by atoms with van der Waals surface area (Å²) in [7, 11) is 1.83. The van der Waals surface area contributed by atoms with Gasteiger partial charge in [0.2, 0.25) is 5.91 Å². The summed E-state index contributed by atoms with van der Waals surface area (Å²) in [4.78, 5) is 20.6. The van der Waals surface area contributed by atoms with Gasteiger partial charge < -0.3 is 15.5 Å². The van der Waals surface area contributed by atoms with Crippen LogP contribution in [0.5, 0.6) is 0 Å². The van der Waals surface area contributed by atoms with Gasteiger partial charge in [-0.15, -0.1) is 24.0 Å². The van der Waals surface area contributed by atoms with Gasteiger partial charge in [0.1, 0.15) is 0 Å². The van der Waals surface area contributed by atoms with Crippen LogP contribution in [-0.2, 0) is 4.79 Å². The van der Waals surface area contributed by atoms with Gasteiger partial charge in [0.15, 0.2) is 5.96 Å². The molecule has 0 aromatic carbocycles. The maximum atomic E-state index is 11.8. The zero-order valence-electron chi connectivity index (χ0n) is 14.8. The molecule has 0 spiro atoms. The maximum absolute atomic E-state index is 11.8. The molecular formula is C15H32IN5OS. The number of carbonyl (C=O) groups excluding carboxylic acids is 1. The van der Waals surface area contributed by atoms with Crippen LogP contribution in [0.3, 0.4) is 0 Å². The van der Waals surface area contributed by atoms with Crippen LogP contribution in [0.2, 0.25) is 0 Å². The molecule has 0 saturated carbocycles. The predicted molar refractivity (Wildman–Crippen MR) is 111 cm³/mol. The molecule has 8 heteroatoms. The monoisotopic (exact) mass is 457 g/mol. The van der Waals surface area contributed by atoms with Crippen molar-refractivity contribution in [2.75, 3.05) is 58.3 Å². The van der Waals surface area contributed by atoms with Crippen LogP contribution in [0.1, 0.15) is 20.3 Å². The van der Waals surface area contributed by atoms with Crippen LogP contribution in [0, 0.1) is 0 Å². The number of carbonyl (C=O) groups is 1. The van der Waals surface area contributed by atoms with E-state index in [2.05, 4.69) is 31.7 Å². The number of thioether (sulfide) groups is 1. The van der Waals surface area contributed by atoms with Crippen LogP contribution in [0.4, 0.5) is 0 Å². The first kappa shape index (κ1) is 22.8. The fourth-order valence-electron chi connectivity index (χ4n) is 2.44. The molecule has 23 heavy (non-hydrogen) atoms. The number of amides is 1. The van der Waals surface area contributed by atoms with E-state index in [0.29, 0.717) is 6.54 Å². The van der Waals surface area contributed by atoms with Crippen molar-refractivity contribution in [3.63, 3.8) is 0 Å². The number of rotatable bonds is 7. The molecule has 2 N–H and O–H groups in total. The Bertz CT molecular complexity index is 360. The first-order valence-corrected chi connectivity index (χ1v) is 9.42. The minimum absolute atomic E-state index is 0.